The van der Waals surface area contributed by atoms with Crippen molar-refractivity contribution in [3.05, 3.63) is 47.3 Å². The molecule has 2 atom stereocenters. The lowest BCUT2D eigenvalue weighted by Crippen LogP contribution is -2.06. The number of nitrogens with zero attached hydrogens (tertiary/aromatic N) is 1. The van der Waals surface area contributed by atoms with Crippen LogP contribution in [0.5, 0.6) is 0 Å². The van der Waals surface area contributed by atoms with E-state index in [9.17, 15) is 0 Å². The van der Waals surface area contributed by atoms with Crippen LogP contribution in [0.25, 0.3) is 5.57 Å². The number of epoxide rings is 1. The minimum Gasteiger partial charge on any atom is -0.359 e. The Morgan fingerprint density at radius 3 is 3.07 bits per heavy atom. The van der Waals surface area contributed by atoms with E-state index in [0.29, 0.717) is 0 Å². The molecule has 0 radical (unpaired) electrons. The molecule has 15 heavy (non-hydrogen) atoms. The van der Waals surface area contributed by atoms with Crippen LogP contribution < -0.4 is 0 Å². The van der Waals surface area contributed by atoms with Crippen LogP contribution in [0, 0.1) is 0 Å². The molecule has 0 saturated carbocycles. The van der Waals surface area contributed by atoms with Crippen molar-refractivity contribution in [1.82, 2.24) is 4.98 Å². The number of hydrogen-bond acceptors (Lipinski definition) is 2. The number of allylic oxidation sites excluding steroid dienone is 2. The molecule has 2 unspecified atom stereocenters. The van der Waals surface area contributed by atoms with E-state index >= 15 is 0 Å². The molecule has 76 valence electrons. The zero-order chi connectivity index (χ0) is 10.4. The number of ether oxygens (including phenoxy) is 1. The van der Waals surface area contributed by atoms with Crippen LogP contribution in [0.4, 0.5) is 0 Å². The minimum atomic E-state index is 0.253. The maximum absolute atomic E-state index is 5.69. The predicted molar refractivity (Wildman–Crippen MR) is 59.3 cm³/mol. The summed E-state index contributed by atoms with van der Waals surface area (Å²) in [4.78, 5) is 4.44. The quantitative estimate of drug-likeness (QED) is 0.650. The van der Waals surface area contributed by atoms with E-state index in [0.717, 1.165) is 5.69 Å². The molecule has 0 bridgehead atoms. The highest BCUT2D eigenvalue weighted by Gasteiger charge is 2.47. The Bertz CT molecular complexity index is 473. The Hall–Kier alpha value is -1.41. The zero-order valence-electron chi connectivity index (χ0n) is 8.90. The Labute approximate surface area is 89.3 Å². The summed E-state index contributed by atoms with van der Waals surface area (Å²) in [5, 5.41) is 0. The maximum atomic E-state index is 5.69. The molecule has 1 aliphatic carbocycles. The molecule has 2 nitrogen and oxygen atoms in total. The molecule has 0 aromatic carbocycles. The Balaban J connectivity index is 2.20. The van der Waals surface area contributed by atoms with Crippen molar-refractivity contribution in [2.75, 3.05) is 0 Å². The van der Waals surface area contributed by atoms with Crippen LogP contribution in [-0.2, 0) is 4.74 Å². The first-order valence-electron chi connectivity index (χ1n) is 5.27. The summed E-state index contributed by atoms with van der Waals surface area (Å²) < 4.78 is 5.69. The SMILES string of the molecule is C/C=C\C1=C(C)c2ncccc2C2OC12. The first-order chi connectivity index (χ1) is 7.33. The van der Waals surface area contributed by atoms with Crippen LogP contribution >= 0.6 is 0 Å². The van der Waals surface area contributed by atoms with Crippen LogP contribution in [0.3, 0.4) is 0 Å². The first-order valence-corrected chi connectivity index (χ1v) is 5.27. The fourth-order valence-electron chi connectivity index (χ4n) is 2.30. The molecule has 1 saturated heterocycles. The molecule has 1 aliphatic heterocycles. The molecule has 0 spiro atoms. The minimum absolute atomic E-state index is 0.253. The highest BCUT2D eigenvalue weighted by molar-refractivity contribution is 5.74. The van der Waals surface area contributed by atoms with Crippen molar-refractivity contribution in [2.24, 2.45) is 0 Å². The molecule has 2 aliphatic rings. The second kappa shape index (κ2) is 3.04. The number of fused-ring (bicyclic) bond motifs is 3. The summed E-state index contributed by atoms with van der Waals surface area (Å²) in [7, 11) is 0. The normalized spacial score (nSPS) is 27.9. The lowest BCUT2D eigenvalue weighted by atomic mass is 9.90. The van der Waals surface area contributed by atoms with Crippen molar-refractivity contribution in [3.63, 3.8) is 0 Å². The van der Waals surface area contributed by atoms with Gasteiger partial charge in [0, 0.05) is 11.8 Å². The van der Waals surface area contributed by atoms with E-state index in [1.165, 1.54) is 16.7 Å². The molecule has 2 heteroatoms. The molecule has 1 aromatic rings. The van der Waals surface area contributed by atoms with Crippen LogP contribution in [0.15, 0.2) is 36.1 Å². The van der Waals surface area contributed by atoms with E-state index in [1.54, 1.807) is 0 Å². The van der Waals surface area contributed by atoms with Gasteiger partial charge in [0.1, 0.15) is 12.2 Å². The summed E-state index contributed by atoms with van der Waals surface area (Å²) in [5.41, 5.74) is 4.88. The third-order valence-corrected chi connectivity index (χ3v) is 3.08. The highest BCUT2D eigenvalue weighted by atomic mass is 16.6. The molecule has 0 N–H and O–H groups in total. The van der Waals surface area contributed by atoms with Crippen molar-refractivity contribution in [3.8, 4) is 0 Å². The number of pyridine rings is 1. The zero-order valence-corrected chi connectivity index (χ0v) is 8.90. The lowest BCUT2D eigenvalue weighted by molar-refractivity contribution is 0.392. The van der Waals surface area contributed by atoms with Gasteiger partial charge < -0.3 is 4.74 Å². The maximum Gasteiger partial charge on any atom is 0.116 e. The molecule has 3 rings (SSSR count). The van der Waals surface area contributed by atoms with E-state index in [4.69, 9.17) is 4.74 Å². The third kappa shape index (κ3) is 1.18. The predicted octanol–water partition coefficient (Wildman–Crippen LogP) is 2.88. The van der Waals surface area contributed by atoms with Gasteiger partial charge >= 0.3 is 0 Å². The standard InChI is InChI=1S/C13H13NO/c1-3-5-9-8(2)11-10(6-4-7-14-11)13-12(9)15-13/h3-7,12-13H,1-2H3/b5-3-. The molecule has 1 fully saturated rings. The Morgan fingerprint density at radius 2 is 2.27 bits per heavy atom. The van der Waals surface area contributed by atoms with Crippen molar-refractivity contribution >= 4 is 5.57 Å². The summed E-state index contributed by atoms with van der Waals surface area (Å²) in [6, 6.07) is 4.09. The molecular weight excluding hydrogens is 186 g/mol. The van der Waals surface area contributed by atoms with Crippen LogP contribution in [-0.4, -0.2) is 11.1 Å². The first kappa shape index (κ1) is 8.86. The Morgan fingerprint density at radius 1 is 1.40 bits per heavy atom. The largest absolute Gasteiger partial charge is 0.359 e. The van der Waals surface area contributed by atoms with Crippen molar-refractivity contribution in [2.45, 2.75) is 26.1 Å². The van der Waals surface area contributed by atoms with Gasteiger partial charge in [-0.3, -0.25) is 4.98 Å². The van der Waals surface area contributed by atoms with Gasteiger partial charge in [-0.15, -0.1) is 0 Å². The number of rotatable bonds is 1. The smallest absolute Gasteiger partial charge is 0.116 e. The van der Waals surface area contributed by atoms with Gasteiger partial charge in [0.05, 0.1) is 5.69 Å². The molecule has 1 aromatic heterocycles. The van der Waals surface area contributed by atoms with Gasteiger partial charge in [-0.05, 0) is 31.1 Å². The van der Waals surface area contributed by atoms with Crippen LogP contribution in [0.2, 0.25) is 0 Å². The van der Waals surface area contributed by atoms with Gasteiger partial charge in [0.25, 0.3) is 0 Å². The number of hydrogen-bond donors (Lipinski definition) is 0. The highest BCUT2D eigenvalue weighted by Crippen LogP contribution is 2.51. The molecule has 0 amide bonds. The average molecular weight is 199 g/mol. The van der Waals surface area contributed by atoms with Crippen molar-refractivity contribution in [1.29, 1.82) is 0 Å². The van der Waals surface area contributed by atoms with E-state index in [1.807, 2.05) is 19.2 Å². The van der Waals surface area contributed by atoms with Gasteiger partial charge in [0.15, 0.2) is 0 Å². The van der Waals surface area contributed by atoms with Gasteiger partial charge in [-0.2, -0.15) is 0 Å². The van der Waals surface area contributed by atoms with Gasteiger partial charge in [-0.1, -0.05) is 18.2 Å². The van der Waals surface area contributed by atoms with Crippen molar-refractivity contribution < 1.29 is 4.74 Å². The third-order valence-electron chi connectivity index (χ3n) is 3.08. The van der Waals surface area contributed by atoms with Crippen LogP contribution in [0.1, 0.15) is 31.2 Å². The molecular formula is C13H13NO. The summed E-state index contributed by atoms with van der Waals surface area (Å²) >= 11 is 0. The van der Waals surface area contributed by atoms with E-state index in [-0.39, 0.29) is 12.2 Å². The lowest BCUT2D eigenvalue weighted by Gasteiger charge is -2.14. The summed E-state index contributed by atoms with van der Waals surface area (Å²) in [6.45, 7) is 4.16. The number of aromatic nitrogens is 1. The second-order valence-electron chi connectivity index (χ2n) is 4.00. The average Bonchev–Trinajstić information content (AvgIpc) is 3.04. The van der Waals surface area contributed by atoms with Gasteiger partial charge in [-0.25, -0.2) is 0 Å². The molecule has 2 heterocycles. The van der Waals surface area contributed by atoms with E-state index in [2.05, 4.69) is 30.1 Å². The monoisotopic (exact) mass is 199 g/mol. The topological polar surface area (TPSA) is 25.4 Å². The van der Waals surface area contributed by atoms with E-state index < -0.39 is 0 Å². The fraction of sp³-hybridized carbons (Fsp3) is 0.308. The summed E-state index contributed by atoms with van der Waals surface area (Å²) in [5.74, 6) is 0. The summed E-state index contributed by atoms with van der Waals surface area (Å²) in [6.07, 6.45) is 6.57. The second-order valence-corrected chi connectivity index (χ2v) is 4.00. The fourth-order valence-corrected chi connectivity index (χ4v) is 2.30. The Kier molecular flexibility index (Phi) is 1.80. The van der Waals surface area contributed by atoms with Gasteiger partial charge in [0.2, 0.25) is 0 Å².